The highest BCUT2D eigenvalue weighted by Gasteiger charge is 2.32. The van der Waals surface area contributed by atoms with Gasteiger partial charge in [-0.3, -0.25) is 19.7 Å². The van der Waals surface area contributed by atoms with E-state index < -0.39 is 29.6 Å². The van der Waals surface area contributed by atoms with Crippen LogP contribution in [-0.2, 0) is 9.59 Å². The number of imide groups is 1. The number of amides is 3. The van der Waals surface area contributed by atoms with E-state index in [1.165, 1.54) is 12.1 Å². The van der Waals surface area contributed by atoms with Gasteiger partial charge in [0.1, 0.15) is 11.9 Å². The third-order valence-electron chi connectivity index (χ3n) is 3.09. The van der Waals surface area contributed by atoms with E-state index >= 15 is 0 Å². The summed E-state index contributed by atoms with van der Waals surface area (Å²) in [6.45, 7) is 0. The summed E-state index contributed by atoms with van der Waals surface area (Å²) in [6, 6.07) is 2.78. The third kappa shape index (κ3) is 2.53. The molecule has 2 heterocycles. The number of hydrogen-bond donors (Lipinski definition) is 3. The Hall–Kier alpha value is -3.17. The van der Waals surface area contributed by atoms with Crippen molar-refractivity contribution < 1.29 is 18.8 Å². The SMILES string of the molecule is O=C1CC(NC(=O)c2ccc(-c3nn[nH]n3)cc2F)C(=O)N1. The van der Waals surface area contributed by atoms with Crippen LogP contribution in [-0.4, -0.2) is 44.4 Å². The molecule has 0 spiro atoms. The molecule has 1 saturated heterocycles. The lowest BCUT2D eigenvalue weighted by atomic mass is 10.1. The summed E-state index contributed by atoms with van der Waals surface area (Å²) in [6.07, 6.45) is -0.160. The molecule has 10 heteroatoms. The second kappa shape index (κ2) is 5.31. The van der Waals surface area contributed by atoms with Gasteiger partial charge in [-0.15, -0.1) is 10.2 Å². The minimum absolute atomic E-state index is 0.160. The molecule has 3 N–H and O–H groups in total. The van der Waals surface area contributed by atoms with Crippen molar-refractivity contribution >= 4 is 17.7 Å². The van der Waals surface area contributed by atoms with Gasteiger partial charge >= 0.3 is 0 Å². The fraction of sp³-hybridized carbons (Fsp3) is 0.167. The zero-order chi connectivity index (χ0) is 15.7. The number of nitrogens with zero attached hydrogens (tertiary/aromatic N) is 3. The minimum atomic E-state index is -0.990. The number of tetrazole rings is 1. The van der Waals surface area contributed by atoms with Crippen LogP contribution in [0.1, 0.15) is 16.8 Å². The van der Waals surface area contributed by atoms with Crippen LogP contribution >= 0.6 is 0 Å². The van der Waals surface area contributed by atoms with Crippen molar-refractivity contribution in [2.24, 2.45) is 0 Å². The first kappa shape index (κ1) is 13.8. The molecule has 1 atom stereocenters. The molecule has 1 aliphatic rings. The number of carbonyl (C=O) groups excluding carboxylic acids is 3. The van der Waals surface area contributed by atoms with E-state index in [0.717, 1.165) is 6.07 Å². The second-order valence-corrected chi connectivity index (χ2v) is 4.57. The van der Waals surface area contributed by atoms with E-state index in [4.69, 9.17) is 0 Å². The second-order valence-electron chi connectivity index (χ2n) is 4.57. The summed E-state index contributed by atoms with van der Waals surface area (Å²) in [7, 11) is 0. The van der Waals surface area contributed by atoms with Gasteiger partial charge in [-0.2, -0.15) is 5.21 Å². The standard InChI is InChI=1S/C12H9FN6O3/c13-7-3-5(10-16-18-19-17-10)1-2-6(7)11(21)14-8-4-9(20)15-12(8)22/h1-3,8H,4H2,(H,14,21)(H,15,20,22)(H,16,17,18,19). The molecule has 3 rings (SSSR count). The first-order chi connectivity index (χ1) is 10.5. The molecule has 0 radical (unpaired) electrons. The topological polar surface area (TPSA) is 130 Å². The zero-order valence-electron chi connectivity index (χ0n) is 11.0. The summed E-state index contributed by atoms with van der Waals surface area (Å²) in [4.78, 5) is 34.4. The van der Waals surface area contributed by atoms with Gasteiger partial charge in [-0.1, -0.05) is 6.07 Å². The van der Waals surface area contributed by atoms with Crippen LogP contribution in [0, 0.1) is 5.82 Å². The van der Waals surface area contributed by atoms with E-state index in [1.54, 1.807) is 0 Å². The van der Waals surface area contributed by atoms with Gasteiger partial charge < -0.3 is 5.32 Å². The summed E-state index contributed by atoms with van der Waals surface area (Å²) in [5.41, 5.74) is 0.0935. The quantitative estimate of drug-likeness (QED) is 0.633. The highest BCUT2D eigenvalue weighted by Crippen LogP contribution is 2.18. The maximum absolute atomic E-state index is 14.0. The Labute approximate surface area is 122 Å². The number of carbonyl (C=O) groups is 3. The number of benzene rings is 1. The van der Waals surface area contributed by atoms with Crippen LogP contribution in [0.5, 0.6) is 0 Å². The number of hydrogen-bond acceptors (Lipinski definition) is 6. The molecule has 3 amide bonds. The molecular formula is C12H9FN6O3. The molecule has 0 saturated carbocycles. The Morgan fingerprint density at radius 1 is 1.36 bits per heavy atom. The van der Waals surface area contributed by atoms with Gasteiger partial charge in [0.15, 0.2) is 0 Å². The predicted molar refractivity (Wildman–Crippen MR) is 68.6 cm³/mol. The van der Waals surface area contributed by atoms with Crippen molar-refractivity contribution in [2.45, 2.75) is 12.5 Å². The molecule has 1 aromatic carbocycles. The number of aromatic amines is 1. The largest absolute Gasteiger partial charge is 0.340 e. The lowest BCUT2D eigenvalue weighted by molar-refractivity contribution is -0.125. The highest BCUT2D eigenvalue weighted by molar-refractivity contribution is 6.08. The van der Waals surface area contributed by atoms with Gasteiger partial charge in [-0.25, -0.2) is 4.39 Å². The van der Waals surface area contributed by atoms with E-state index in [1.807, 2.05) is 0 Å². The van der Waals surface area contributed by atoms with Crippen molar-refractivity contribution in [3.8, 4) is 11.4 Å². The van der Waals surface area contributed by atoms with Gasteiger partial charge in [0, 0.05) is 5.56 Å². The molecule has 1 fully saturated rings. The molecule has 0 aliphatic carbocycles. The molecule has 1 aliphatic heterocycles. The van der Waals surface area contributed by atoms with Crippen molar-refractivity contribution in [3.05, 3.63) is 29.6 Å². The third-order valence-corrected chi connectivity index (χ3v) is 3.09. The zero-order valence-corrected chi connectivity index (χ0v) is 11.0. The Morgan fingerprint density at radius 3 is 2.77 bits per heavy atom. The van der Waals surface area contributed by atoms with Gasteiger partial charge in [-0.05, 0) is 17.3 Å². The van der Waals surface area contributed by atoms with E-state index in [0.29, 0.717) is 5.56 Å². The van der Waals surface area contributed by atoms with Crippen LogP contribution in [0.2, 0.25) is 0 Å². The summed E-state index contributed by atoms with van der Waals surface area (Å²) < 4.78 is 14.0. The predicted octanol–water partition coefficient (Wildman–Crippen LogP) is -0.849. The summed E-state index contributed by atoms with van der Waals surface area (Å²) in [5.74, 6) is -2.49. The number of H-pyrrole nitrogens is 1. The molecule has 0 bridgehead atoms. The number of halogens is 1. The van der Waals surface area contributed by atoms with Crippen molar-refractivity contribution in [2.75, 3.05) is 0 Å². The molecule has 1 unspecified atom stereocenters. The maximum Gasteiger partial charge on any atom is 0.254 e. The Balaban J connectivity index is 1.78. The Bertz CT molecular complexity index is 760. The van der Waals surface area contributed by atoms with Gasteiger partial charge in [0.2, 0.25) is 17.6 Å². The molecule has 112 valence electrons. The normalized spacial score (nSPS) is 17.4. The lowest BCUT2D eigenvalue weighted by Gasteiger charge is -2.10. The van der Waals surface area contributed by atoms with Crippen molar-refractivity contribution in [1.29, 1.82) is 0 Å². The maximum atomic E-state index is 14.0. The fourth-order valence-electron chi connectivity index (χ4n) is 2.03. The number of nitrogens with one attached hydrogen (secondary N) is 3. The van der Waals surface area contributed by atoms with Crippen molar-refractivity contribution in [1.82, 2.24) is 31.3 Å². The monoisotopic (exact) mass is 304 g/mol. The van der Waals surface area contributed by atoms with Crippen LogP contribution in [0.25, 0.3) is 11.4 Å². The first-order valence-corrected chi connectivity index (χ1v) is 6.22. The lowest BCUT2D eigenvalue weighted by Crippen LogP contribution is -2.40. The first-order valence-electron chi connectivity index (χ1n) is 6.22. The van der Waals surface area contributed by atoms with E-state index in [2.05, 4.69) is 31.3 Å². The summed E-state index contributed by atoms with van der Waals surface area (Å²) >= 11 is 0. The Kier molecular flexibility index (Phi) is 3.33. The molecular weight excluding hydrogens is 295 g/mol. The minimum Gasteiger partial charge on any atom is -0.340 e. The van der Waals surface area contributed by atoms with Crippen LogP contribution in [0.3, 0.4) is 0 Å². The van der Waals surface area contributed by atoms with Gasteiger partial charge in [0.05, 0.1) is 12.0 Å². The van der Waals surface area contributed by atoms with Crippen LogP contribution < -0.4 is 10.6 Å². The Morgan fingerprint density at radius 2 is 2.18 bits per heavy atom. The van der Waals surface area contributed by atoms with Crippen molar-refractivity contribution in [3.63, 3.8) is 0 Å². The molecule has 2 aromatic rings. The molecule has 22 heavy (non-hydrogen) atoms. The van der Waals surface area contributed by atoms with Crippen LogP contribution in [0.4, 0.5) is 4.39 Å². The summed E-state index contributed by atoms with van der Waals surface area (Å²) in [5, 5.41) is 17.3. The smallest absolute Gasteiger partial charge is 0.254 e. The van der Waals surface area contributed by atoms with E-state index in [9.17, 15) is 18.8 Å². The molecule has 1 aromatic heterocycles. The number of rotatable bonds is 3. The average Bonchev–Trinajstić information content (AvgIpc) is 3.09. The molecule has 9 nitrogen and oxygen atoms in total. The van der Waals surface area contributed by atoms with Crippen LogP contribution in [0.15, 0.2) is 18.2 Å². The fourth-order valence-corrected chi connectivity index (χ4v) is 2.03. The van der Waals surface area contributed by atoms with Gasteiger partial charge in [0.25, 0.3) is 5.91 Å². The highest BCUT2D eigenvalue weighted by atomic mass is 19.1. The van der Waals surface area contributed by atoms with E-state index in [-0.39, 0.29) is 17.8 Å². The average molecular weight is 304 g/mol. The number of aromatic nitrogens is 4.